The highest BCUT2D eigenvalue weighted by molar-refractivity contribution is 5.93. The molecule has 0 radical (unpaired) electrons. The van der Waals surface area contributed by atoms with Crippen molar-refractivity contribution in [2.45, 2.75) is 26.3 Å². The van der Waals surface area contributed by atoms with Crippen LogP contribution in [0, 0.1) is 5.92 Å². The number of amides is 1. The minimum Gasteiger partial charge on any atom is -0.357 e. The molecule has 120 valence electrons. The van der Waals surface area contributed by atoms with Crippen LogP contribution in [-0.2, 0) is 6.54 Å². The van der Waals surface area contributed by atoms with E-state index < -0.39 is 0 Å². The lowest BCUT2D eigenvalue weighted by Gasteiger charge is -2.11. The predicted molar refractivity (Wildman–Crippen MR) is 90.0 cm³/mol. The van der Waals surface area contributed by atoms with E-state index in [1.807, 2.05) is 24.3 Å². The van der Waals surface area contributed by atoms with Gasteiger partial charge in [0.2, 0.25) is 0 Å². The van der Waals surface area contributed by atoms with Crippen LogP contribution in [0.4, 0.5) is 0 Å². The van der Waals surface area contributed by atoms with Crippen LogP contribution in [0.25, 0.3) is 0 Å². The molecule has 0 spiro atoms. The van der Waals surface area contributed by atoms with E-state index in [0.717, 1.165) is 30.5 Å². The lowest BCUT2D eigenvalue weighted by Crippen LogP contribution is -2.38. The number of carbonyl (C=O) groups is 1. The molecule has 5 nitrogen and oxygen atoms in total. The molecular weight excluding hydrogens is 276 g/mol. The van der Waals surface area contributed by atoms with Gasteiger partial charge in [-0.2, -0.15) is 0 Å². The van der Waals surface area contributed by atoms with Crippen molar-refractivity contribution in [3.8, 4) is 0 Å². The van der Waals surface area contributed by atoms with Crippen molar-refractivity contribution in [3.05, 3.63) is 35.4 Å². The first-order chi connectivity index (χ1) is 10.6. The highest BCUT2D eigenvalue weighted by Gasteiger charge is 2.20. The molecule has 0 aliphatic heterocycles. The molecule has 1 aromatic carbocycles. The molecule has 1 saturated carbocycles. The van der Waals surface area contributed by atoms with E-state index in [1.54, 1.807) is 19.0 Å². The van der Waals surface area contributed by atoms with Gasteiger partial charge in [0.05, 0.1) is 6.54 Å². The molecule has 1 fully saturated rings. The zero-order valence-electron chi connectivity index (χ0n) is 13.7. The third kappa shape index (κ3) is 5.06. The summed E-state index contributed by atoms with van der Waals surface area (Å²) in [6, 6.07) is 7.64. The maximum Gasteiger partial charge on any atom is 0.253 e. The first kappa shape index (κ1) is 16.3. The molecule has 22 heavy (non-hydrogen) atoms. The Morgan fingerprint density at radius 3 is 2.45 bits per heavy atom. The molecule has 2 rings (SSSR count). The Hall–Kier alpha value is -2.04. The number of nitrogens with zero attached hydrogens (tertiary/aromatic N) is 2. The van der Waals surface area contributed by atoms with E-state index in [1.165, 1.54) is 12.8 Å². The van der Waals surface area contributed by atoms with Crippen LogP contribution in [0.2, 0.25) is 0 Å². The Labute approximate surface area is 132 Å². The van der Waals surface area contributed by atoms with Gasteiger partial charge in [-0.3, -0.25) is 4.79 Å². The minimum atomic E-state index is 0.0227. The zero-order valence-corrected chi connectivity index (χ0v) is 13.7. The summed E-state index contributed by atoms with van der Waals surface area (Å²) in [4.78, 5) is 18.0. The van der Waals surface area contributed by atoms with Gasteiger partial charge >= 0.3 is 0 Å². The van der Waals surface area contributed by atoms with Crippen molar-refractivity contribution in [3.63, 3.8) is 0 Å². The maximum atomic E-state index is 11.8. The van der Waals surface area contributed by atoms with Crippen molar-refractivity contribution in [2.24, 2.45) is 10.9 Å². The van der Waals surface area contributed by atoms with Gasteiger partial charge in [-0.25, -0.2) is 4.99 Å². The van der Waals surface area contributed by atoms with Gasteiger partial charge in [0, 0.05) is 32.7 Å². The summed E-state index contributed by atoms with van der Waals surface area (Å²) in [5, 5.41) is 6.63. The van der Waals surface area contributed by atoms with Crippen LogP contribution in [0.3, 0.4) is 0 Å². The number of benzene rings is 1. The smallest absolute Gasteiger partial charge is 0.253 e. The number of carbonyl (C=O) groups excluding carboxylic acids is 1. The number of hydrogen-bond donors (Lipinski definition) is 2. The van der Waals surface area contributed by atoms with Gasteiger partial charge in [-0.1, -0.05) is 12.1 Å². The quantitative estimate of drug-likeness (QED) is 0.623. The van der Waals surface area contributed by atoms with Gasteiger partial charge in [0.1, 0.15) is 0 Å². The fraction of sp³-hybridized carbons (Fsp3) is 0.529. The molecular formula is C17H26N4O. The standard InChI is InChI=1S/C17H26N4O/c1-4-18-17(19-11-13-5-6-13)20-12-14-7-9-15(10-8-14)16(22)21(2)3/h7-10,13H,4-6,11-12H2,1-3H3,(H2,18,19,20). The SMILES string of the molecule is CCNC(=NCc1ccc(C(=O)N(C)C)cc1)NCC1CC1. The van der Waals surface area contributed by atoms with E-state index in [-0.39, 0.29) is 5.91 Å². The van der Waals surface area contributed by atoms with E-state index in [2.05, 4.69) is 22.5 Å². The molecule has 1 aliphatic rings. The van der Waals surface area contributed by atoms with Crippen molar-refractivity contribution >= 4 is 11.9 Å². The Balaban J connectivity index is 1.92. The molecule has 0 saturated heterocycles. The summed E-state index contributed by atoms with van der Waals surface area (Å²) < 4.78 is 0. The topological polar surface area (TPSA) is 56.7 Å². The predicted octanol–water partition coefficient (Wildman–Crippen LogP) is 1.85. The van der Waals surface area contributed by atoms with Crippen molar-refractivity contribution < 1.29 is 4.79 Å². The van der Waals surface area contributed by atoms with Crippen LogP contribution in [-0.4, -0.2) is 44.0 Å². The molecule has 0 aromatic heterocycles. The van der Waals surface area contributed by atoms with Crippen molar-refractivity contribution in [1.82, 2.24) is 15.5 Å². The molecule has 0 bridgehead atoms. The third-order valence-corrected chi connectivity index (χ3v) is 3.63. The van der Waals surface area contributed by atoms with Crippen LogP contribution in [0.15, 0.2) is 29.3 Å². The second kappa shape index (κ2) is 7.82. The molecule has 0 atom stereocenters. The lowest BCUT2D eigenvalue weighted by atomic mass is 10.1. The highest BCUT2D eigenvalue weighted by Crippen LogP contribution is 2.27. The first-order valence-corrected chi connectivity index (χ1v) is 7.93. The van der Waals surface area contributed by atoms with Gasteiger partial charge < -0.3 is 15.5 Å². The van der Waals surface area contributed by atoms with Gasteiger partial charge in [-0.05, 0) is 43.4 Å². The van der Waals surface area contributed by atoms with Crippen LogP contribution >= 0.6 is 0 Å². The van der Waals surface area contributed by atoms with Crippen LogP contribution < -0.4 is 10.6 Å². The average Bonchev–Trinajstić information content (AvgIpc) is 3.34. The molecule has 1 aliphatic carbocycles. The van der Waals surface area contributed by atoms with Crippen LogP contribution in [0.1, 0.15) is 35.7 Å². The molecule has 1 aromatic rings. The summed E-state index contributed by atoms with van der Waals surface area (Å²) >= 11 is 0. The maximum absolute atomic E-state index is 11.8. The summed E-state index contributed by atoms with van der Waals surface area (Å²) in [5.41, 5.74) is 1.80. The van der Waals surface area contributed by atoms with E-state index in [9.17, 15) is 4.79 Å². The van der Waals surface area contributed by atoms with Crippen LogP contribution in [0.5, 0.6) is 0 Å². The van der Waals surface area contributed by atoms with E-state index in [0.29, 0.717) is 12.1 Å². The molecule has 2 N–H and O–H groups in total. The monoisotopic (exact) mass is 302 g/mol. The second-order valence-electron chi connectivity index (χ2n) is 5.92. The van der Waals surface area contributed by atoms with E-state index in [4.69, 9.17) is 0 Å². The first-order valence-electron chi connectivity index (χ1n) is 7.93. The average molecular weight is 302 g/mol. The Morgan fingerprint density at radius 1 is 1.23 bits per heavy atom. The number of hydrogen-bond acceptors (Lipinski definition) is 2. The van der Waals surface area contributed by atoms with Gasteiger partial charge in [0.25, 0.3) is 5.91 Å². The third-order valence-electron chi connectivity index (χ3n) is 3.63. The highest BCUT2D eigenvalue weighted by atomic mass is 16.2. The fourth-order valence-corrected chi connectivity index (χ4v) is 2.09. The molecule has 0 heterocycles. The largest absolute Gasteiger partial charge is 0.357 e. The lowest BCUT2D eigenvalue weighted by molar-refractivity contribution is 0.0827. The molecule has 1 amide bonds. The van der Waals surface area contributed by atoms with E-state index >= 15 is 0 Å². The van der Waals surface area contributed by atoms with Crippen molar-refractivity contribution in [2.75, 3.05) is 27.2 Å². The molecule has 0 unspecified atom stereocenters. The fourth-order valence-electron chi connectivity index (χ4n) is 2.09. The zero-order chi connectivity index (χ0) is 15.9. The summed E-state index contributed by atoms with van der Waals surface area (Å²) in [5.74, 6) is 1.71. The summed E-state index contributed by atoms with van der Waals surface area (Å²) in [6.45, 7) is 4.53. The number of nitrogens with one attached hydrogen (secondary N) is 2. The minimum absolute atomic E-state index is 0.0227. The number of aliphatic imine (C=N–C) groups is 1. The summed E-state index contributed by atoms with van der Waals surface area (Å²) in [7, 11) is 3.52. The van der Waals surface area contributed by atoms with Crippen molar-refractivity contribution in [1.29, 1.82) is 0 Å². The molecule has 5 heteroatoms. The Morgan fingerprint density at radius 2 is 1.91 bits per heavy atom. The normalized spacial score (nSPS) is 14.6. The summed E-state index contributed by atoms with van der Waals surface area (Å²) in [6.07, 6.45) is 2.65. The van der Waals surface area contributed by atoms with Gasteiger partial charge in [-0.15, -0.1) is 0 Å². The Kier molecular flexibility index (Phi) is 5.81. The number of guanidine groups is 1. The van der Waals surface area contributed by atoms with Gasteiger partial charge in [0.15, 0.2) is 5.96 Å². The number of rotatable bonds is 6. The Bertz CT molecular complexity index is 518. The second-order valence-corrected chi connectivity index (χ2v) is 5.92.